The number of benzene rings is 1. The Balaban J connectivity index is 2.11. The fourth-order valence-electron chi connectivity index (χ4n) is 2.25. The lowest BCUT2D eigenvalue weighted by Crippen LogP contribution is -2.48. The van der Waals surface area contributed by atoms with E-state index in [1.165, 1.54) is 4.90 Å². The smallest absolute Gasteiger partial charge is 0.317 e. The van der Waals surface area contributed by atoms with Gasteiger partial charge in [0, 0.05) is 26.2 Å². The van der Waals surface area contributed by atoms with Gasteiger partial charge in [0.2, 0.25) is 0 Å². The highest BCUT2D eigenvalue weighted by molar-refractivity contribution is 5.69. The van der Waals surface area contributed by atoms with E-state index < -0.39 is 17.6 Å². The third kappa shape index (κ3) is 3.03. The molecule has 0 aliphatic carbocycles. The van der Waals surface area contributed by atoms with Gasteiger partial charge in [0.05, 0.1) is 18.2 Å². The van der Waals surface area contributed by atoms with Crippen molar-refractivity contribution < 1.29 is 18.7 Å². The van der Waals surface area contributed by atoms with Crippen LogP contribution >= 0.6 is 0 Å². The molecule has 7 heteroatoms. The second-order valence-electron chi connectivity index (χ2n) is 4.56. The summed E-state index contributed by atoms with van der Waals surface area (Å²) in [5.41, 5.74) is -0.216. The maximum absolute atomic E-state index is 13.8. The van der Waals surface area contributed by atoms with Crippen molar-refractivity contribution in [1.29, 1.82) is 5.26 Å². The number of hydrogen-bond acceptors (Lipinski definition) is 4. The van der Waals surface area contributed by atoms with Gasteiger partial charge in [-0.25, -0.2) is 8.78 Å². The standard InChI is InChI=1S/C13H13F2N3O2/c14-10-5-9(7-16)6-11(15)13(10)18-3-1-17(2-4-18)8-12(19)20/h5-6H,1-4,8H2,(H,19,20). The van der Waals surface area contributed by atoms with Crippen LogP contribution in [0.15, 0.2) is 12.1 Å². The predicted molar refractivity (Wildman–Crippen MR) is 67.4 cm³/mol. The van der Waals surface area contributed by atoms with Gasteiger partial charge in [0.1, 0.15) is 5.69 Å². The van der Waals surface area contributed by atoms with E-state index in [2.05, 4.69) is 0 Å². The Bertz CT molecular complexity index is 540. The minimum absolute atomic E-state index is 0.0618. The lowest BCUT2D eigenvalue weighted by atomic mass is 10.1. The topological polar surface area (TPSA) is 67.6 Å². The molecule has 1 aliphatic heterocycles. The summed E-state index contributed by atoms with van der Waals surface area (Å²) in [6.45, 7) is 1.45. The maximum atomic E-state index is 13.8. The Kier molecular flexibility index (Phi) is 4.15. The van der Waals surface area contributed by atoms with E-state index in [0.717, 1.165) is 12.1 Å². The van der Waals surface area contributed by atoms with Crippen molar-refractivity contribution in [3.63, 3.8) is 0 Å². The van der Waals surface area contributed by atoms with Crippen molar-refractivity contribution in [3.8, 4) is 6.07 Å². The van der Waals surface area contributed by atoms with Gasteiger partial charge in [-0.1, -0.05) is 0 Å². The zero-order chi connectivity index (χ0) is 14.7. The molecule has 20 heavy (non-hydrogen) atoms. The molecule has 1 saturated heterocycles. The molecule has 0 radical (unpaired) electrons. The van der Waals surface area contributed by atoms with Crippen LogP contribution in [-0.4, -0.2) is 48.7 Å². The van der Waals surface area contributed by atoms with Crippen LogP contribution in [0.2, 0.25) is 0 Å². The van der Waals surface area contributed by atoms with Gasteiger partial charge < -0.3 is 10.0 Å². The van der Waals surface area contributed by atoms with Crippen molar-refractivity contribution in [2.45, 2.75) is 0 Å². The summed E-state index contributed by atoms with van der Waals surface area (Å²) >= 11 is 0. The van der Waals surface area contributed by atoms with E-state index >= 15 is 0 Å². The molecule has 5 nitrogen and oxygen atoms in total. The Labute approximate surface area is 114 Å². The number of halogens is 2. The summed E-state index contributed by atoms with van der Waals surface area (Å²) in [5, 5.41) is 17.3. The van der Waals surface area contributed by atoms with Gasteiger partial charge in [-0.3, -0.25) is 9.69 Å². The highest BCUT2D eigenvalue weighted by Crippen LogP contribution is 2.25. The van der Waals surface area contributed by atoms with E-state index in [1.807, 2.05) is 0 Å². The van der Waals surface area contributed by atoms with Crippen LogP contribution in [0.4, 0.5) is 14.5 Å². The number of nitriles is 1. The number of carbonyl (C=O) groups is 1. The third-order valence-electron chi connectivity index (χ3n) is 3.19. The predicted octanol–water partition coefficient (Wildman–Crippen LogP) is 1.04. The molecule has 1 aromatic rings. The highest BCUT2D eigenvalue weighted by atomic mass is 19.1. The second-order valence-corrected chi connectivity index (χ2v) is 4.56. The van der Waals surface area contributed by atoms with E-state index in [-0.39, 0.29) is 17.8 Å². The van der Waals surface area contributed by atoms with Crippen LogP contribution in [0.5, 0.6) is 0 Å². The first kappa shape index (κ1) is 14.2. The maximum Gasteiger partial charge on any atom is 0.317 e. The van der Waals surface area contributed by atoms with Gasteiger partial charge in [0.25, 0.3) is 0 Å². The molecule has 1 aromatic carbocycles. The molecule has 0 atom stereocenters. The van der Waals surface area contributed by atoms with Crippen molar-refractivity contribution >= 4 is 11.7 Å². The van der Waals surface area contributed by atoms with Gasteiger partial charge in [-0.15, -0.1) is 0 Å². The Morgan fingerprint density at radius 3 is 2.25 bits per heavy atom. The molecule has 0 amide bonds. The molecule has 1 fully saturated rings. The number of carboxylic acid groups (broad SMARTS) is 1. The van der Waals surface area contributed by atoms with E-state index in [0.29, 0.717) is 26.2 Å². The van der Waals surface area contributed by atoms with Crippen LogP contribution in [0.3, 0.4) is 0 Å². The Morgan fingerprint density at radius 2 is 1.80 bits per heavy atom. The minimum atomic E-state index is -0.922. The third-order valence-corrected chi connectivity index (χ3v) is 3.19. The molecule has 0 bridgehead atoms. The molecular formula is C13H13F2N3O2. The number of aliphatic carboxylic acids is 1. The van der Waals surface area contributed by atoms with Crippen LogP contribution in [0.25, 0.3) is 0 Å². The summed E-state index contributed by atoms with van der Waals surface area (Å²) in [5.74, 6) is -2.46. The van der Waals surface area contributed by atoms with Crippen LogP contribution in [0.1, 0.15) is 5.56 Å². The van der Waals surface area contributed by atoms with Crippen molar-refractivity contribution in [2.75, 3.05) is 37.6 Å². The number of anilines is 1. The van der Waals surface area contributed by atoms with Gasteiger partial charge >= 0.3 is 5.97 Å². The van der Waals surface area contributed by atoms with E-state index in [9.17, 15) is 13.6 Å². The molecule has 1 N–H and O–H groups in total. The molecule has 0 aromatic heterocycles. The molecular weight excluding hydrogens is 268 g/mol. The van der Waals surface area contributed by atoms with Gasteiger partial charge in [-0.05, 0) is 12.1 Å². The zero-order valence-electron chi connectivity index (χ0n) is 10.6. The lowest BCUT2D eigenvalue weighted by molar-refractivity contribution is -0.138. The molecule has 1 aliphatic rings. The SMILES string of the molecule is N#Cc1cc(F)c(N2CCN(CC(=O)O)CC2)c(F)c1. The fraction of sp³-hybridized carbons (Fsp3) is 0.385. The average Bonchev–Trinajstić information content (AvgIpc) is 2.39. The average molecular weight is 281 g/mol. The zero-order valence-corrected chi connectivity index (χ0v) is 10.6. The largest absolute Gasteiger partial charge is 0.480 e. The first-order chi connectivity index (χ1) is 9.51. The quantitative estimate of drug-likeness (QED) is 0.896. The number of nitrogens with zero attached hydrogens (tertiary/aromatic N) is 3. The lowest BCUT2D eigenvalue weighted by Gasteiger charge is -2.35. The number of rotatable bonds is 3. The summed E-state index contributed by atoms with van der Waals surface area (Å²) in [7, 11) is 0. The first-order valence-corrected chi connectivity index (χ1v) is 6.09. The molecule has 1 heterocycles. The van der Waals surface area contributed by atoms with E-state index in [1.54, 1.807) is 11.0 Å². The Hall–Kier alpha value is -2.20. The minimum Gasteiger partial charge on any atom is -0.480 e. The van der Waals surface area contributed by atoms with Crippen molar-refractivity contribution in [1.82, 2.24) is 4.90 Å². The van der Waals surface area contributed by atoms with E-state index in [4.69, 9.17) is 10.4 Å². The summed E-state index contributed by atoms with van der Waals surface area (Å²) in [6.07, 6.45) is 0. The van der Waals surface area contributed by atoms with Crippen LogP contribution < -0.4 is 4.90 Å². The molecule has 0 spiro atoms. The summed E-state index contributed by atoms with van der Waals surface area (Å²) in [6, 6.07) is 3.70. The van der Waals surface area contributed by atoms with Crippen LogP contribution in [-0.2, 0) is 4.79 Å². The van der Waals surface area contributed by atoms with Crippen molar-refractivity contribution in [2.24, 2.45) is 0 Å². The van der Waals surface area contributed by atoms with Gasteiger partial charge in [0.15, 0.2) is 11.6 Å². The normalized spacial score (nSPS) is 15.9. The monoisotopic (exact) mass is 281 g/mol. The molecule has 0 saturated carbocycles. The molecule has 0 unspecified atom stereocenters. The first-order valence-electron chi connectivity index (χ1n) is 6.09. The van der Waals surface area contributed by atoms with Gasteiger partial charge in [-0.2, -0.15) is 5.26 Å². The number of carboxylic acids is 1. The fourth-order valence-corrected chi connectivity index (χ4v) is 2.25. The second kappa shape index (κ2) is 5.84. The molecule has 2 rings (SSSR count). The summed E-state index contributed by atoms with van der Waals surface area (Å²) < 4.78 is 27.7. The number of hydrogen-bond donors (Lipinski definition) is 1. The highest BCUT2D eigenvalue weighted by Gasteiger charge is 2.23. The summed E-state index contributed by atoms with van der Waals surface area (Å²) in [4.78, 5) is 13.8. The molecule has 106 valence electrons. The Morgan fingerprint density at radius 1 is 1.25 bits per heavy atom. The van der Waals surface area contributed by atoms with Crippen molar-refractivity contribution in [3.05, 3.63) is 29.3 Å². The number of piperazine rings is 1. The van der Waals surface area contributed by atoms with Crippen LogP contribution in [0, 0.1) is 23.0 Å².